The monoisotopic (exact) mass is 362 g/mol. The molecule has 0 aliphatic carbocycles. The van der Waals surface area contributed by atoms with Crippen LogP contribution in [0.4, 0.5) is 0 Å². The van der Waals surface area contributed by atoms with E-state index in [4.69, 9.17) is 0 Å². The molecule has 1 N–H and O–H groups in total. The molecule has 3 heterocycles. The number of carbonyl (C=O) groups is 1. The zero-order valence-corrected chi connectivity index (χ0v) is 16.2. The van der Waals surface area contributed by atoms with Crippen LogP contribution in [0.1, 0.15) is 32.9 Å². The maximum Gasteiger partial charge on any atom is 0.278 e. The van der Waals surface area contributed by atoms with Crippen LogP contribution in [0.25, 0.3) is 11.0 Å². The van der Waals surface area contributed by atoms with Crippen molar-refractivity contribution in [2.45, 2.75) is 45.8 Å². The molecule has 7 heteroatoms. The molecular formula is C18H26N4O2S. The van der Waals surface area contributed by atoms with Crippen molar-refractivity contribution < 1.29 is 4.79 Å². The number of rotatable bonds is 4. The topological polar surface area (TPSA) is 71.0 Å². The van der Waals surface area contributed by atoms with E-state index in [0.717, 1.165) is 18.8 Å². The lowest BCUT2D eigenvalue weighted by Gasteiger charge is -2.35. The third kappa shape index (κ3) is 3.76. The summed E-state index contributed by atoms with van der Waals surface area (Å²) in [6, 6.07) is 1.87. The van der Waals surface area contributed by atoms with Gasteiger partial charge in [0.15, 0.2) is 5.16 Å². The normalized spacial score (nSPS) is 21.0. The third-order valence-electron chi connectivity index (χ3n) is 4.70. The lowest BCUT2D eigenvalue weighted by molar-refractivity contribution is -0.130. The van der Waals surface area contributed by atoms with Crippen molar-refractivity contribution in [1.82, 2.24) is 19.4 Å². The summed E-state index contributed by atoms with van der Waals surface area (Å²) in [6.45, 7) is 10.4. The Bertz CT molecular complexity index is 831. The Morgan fingerprint density at radius 1 is 1.36 bits per heavy atom. The van der Waals surface area contributed by atoms with Gasteiger partial charge in [0.1, 0.15) is 5.52 Å². The summed E-state index contributed by atoms with van der Waals surface area (Å²) in [6.07, 6.45) is 1.18. The van der Waals surface area contributed by atoms with Crippen molar-refractivity contribution in [3.8, 4) is 0 Å². The van der Waals surface area contributed by atoms with Gasteiger partial charge in [-0.05, 0) is 38.2 Å². The molecule has 0 saturated carbocycles. The molecule has 3 rings (SSSR count). The molecule has 1 fully saturated rings. The number of H-pyrrole nitrogens is 1. The van der Waals surface area contributed by atoms with Crippen molar-refractivity contribution in [2.24, 2.45) is 11.8 Å². The van der Waals surface area contributed by atoms with Gasteiger partial charge >= 0.3 is 0 Å². The van der Waals surface area contributed by atoms with Crippen molar-refractivity contribution >= 4 is 28.7 Å². The molecule has 0 unspecified atom stereocenters. The maximum atomic E-state index is 12.6. The smallest absolute Gasteiger partial charge is 0.278 e. The Balaban J connectivity index is 1.78. The predicted molar refractivity (Wildman–Crippen MR) is 101 cm³/mol. The zero-order valence-electron chi connectivity index (χ0n) is 15.3. The predicted octanol–water partition coefficient (Wildman–Crippen LogP) is 2.65. The molecule has 6 nitrogen and oxygen atoms in total. The largest absolute Gasteiger partial charge is 0.353 e. The number of nitrogens with zero attached hydrogens (tertiary/aromatic N) is 3. The van der Waals surface area contributed by atoms with Gasteiger partial charge in [0.2, 0.25) is 5.91 Å². The van der Waals surface area contributed by atoms with E-state index < -0.39 is 0 Å². The summed E-state index contributed by atoms with van der Waals surface area (Å²) in [5, 5.41) is 0.616. The number of fused-ring (bicyclic) bond motifs is 1. The van der Waals surface area contributed by atoms with E-state index >= 15 is 0 Å². The standard InChI is InChI=1S/C18H26N4O2S/c1-5-22-17(24)16-14(7-13(4)19-16)20-18(22)25-10-15(23)21-8-11(2)6-12(3)9-21/h7,11-12,19H,5-6,8-10H2,1-4H3/t11-,12-/m0/s1. The fourth-order valence-corrected chi connectivity index (χ4v) is 4.65. The molecule has 1 aliphatic heterocycles. The first-order valence-electron chi connectivity index (χ1n) is 8.89. The number of aromatic nitrogens is 3. The average Bonchev–Trinajstić information content (AvgIpc) is 2.92. The van der Waals surface area contributed by atoms with Crippen molar-refractivity contribution in [2.75, 3.05) is 18.8 Å². The van der Waals surface area contributed by atoms with Gasteiger partial charge in [-0.3, -0.25) is 14.2 Å². The van der Waals surface area contributed by atoms with E-state index in [1.807, 2.05) is 24.8 Å². The van der Waals surface area contributed by atoms with Crippen LogP contribution in [0.3, 0.4) is 0 Å². The maximum absolute atomic E-state index is 12.6. The van der Waals surface area contributed by atoms with E-state index in [9.17, 15) is 9.59 Å². The summed E-state index contributed by atoms with van der Waals surface area (Å²) in [7, 11) is 0. The molecule has 0 aromatic carbocycles. The van der Waals surface area contributed by atoms with Crippen LogP contribution in [0.15, 0.2) is 16.0 Å². The minimum Gasteiger partial charge on any atom is -0.353 e. The van der Waals surface area contributed by atoms with Crippen LogP contribution >= 0.6 is 11.8 Å². The molecule has 1 amide bonds. The van der Waals surface area contributed by atoms with E-state index in [-0.39, 0.29) is 11.5 Å². The van der Waals surface area contributed by atoms with E-state index in [2.05, 4.69) is 23.8 Å². The Morgan fingerprint density at radius 3 is 2.68 bits per heavy atom. The molecular weight excluding hydrogens is 336 g/mol. The second-order valence-electron chi connectivity index (χ2n) is 7.19. The minimum absolute atomic E-state index is 0.0734. The number of aromatic amines is 1. The number of hydrogen-bond acceptors (Lipinski definition) is 4. The van der Waals surface area contributed by atoms with Gasteiger partial charge in [-0.25, -0.2) is 4.98 Å². The van der Waals surface area contributed by atoms with Crippen LogP contribution < -0.4 is 5.56 Å². The molecule has 2 atom stereocenters. The SMILES string of the molecule is CCn1c(SCC(=O)N2C[C@@H](C)C[C@H](C)C2)nc2cc(C)[nH]c2c1=O. The van der Waals surface area contributed by atoms with Gasteiger partial charge in [-0.1, -0.05) is 25.6 Å². The summed E-state index contributed by atoms with van der Waals surface area (Å²) >= 11 is 1.36. The molecule has 2 aromatic rings. The summed E-state index contributed by atoms with van der Waals surface area (Å²) in [4.78, 5) is 34.8. The average molecular weight is 362 g/mol. The van der Waals surface area contributed by atoms with E-state index in [0.29, 0.717) is 40.3 Å². The van der Waals surface area contributed by atoms with E-state index in [1.165, 1.54) is 18.2 Å². The second-order valence-corrected chi connectivity index (χ2v) is 8.13. The molecule has 0 radical (unpaired) electrons. The Morgan fingerprint density at radius 2 is 2.04 bits per heavy atom. The summed E-state index contributed by atoms with van der Waals surface area (Å²) in [5.41, 5.74) is 2.05. The van der Waals surface area contributed by atoms with Crippen LogP contribution in [-0.4, -0.2) is 44.2 Å². The third-order valence-corrected chi connectivity index (χ3v) is 5.66. The van der Waals surface area contributed by atoms with Crippen molar-refractivity contribution in [3.05, 3.63) is 22.1 Å². The van der Waals surface area contributed by atoms with E-state index in [1.54, 1.807) is 4.57 Å². The highest BCUT2D eigenvalue weighted by atomic mass is 32.2. The number of piperidine rings is 1. The van der Waals surface area contributed by atoms with Gasteiger partial charge in [0.25, 0.3) is 5.56 Å². The number of carbonyl (C=O) groups excluding carboxylic acids is 1. The quantitative estimate of drug-likeness (QED) is 0.670. The molecule has 1 aliphatic rings. The lowest BCUT2D eigenvalue weighted by Crippen LogP contribution is -2.43. The Kier molecular flexibility index (Phi) is 5.22. The van der Waals surface area contributed by atoms with Crippen molar-refractivity contribution in [1.29, 1.82) is 0 Å². The summed E-state index contributed by atoms with van der Waals surface area (Å²) < 4.78 is 1.64. The Labute approximate surface area is 152 Å². The number of thioether (sulfide) groups is 1. The molecule has 1 saturated heterocycles. The first-order valence-corrected chi connectivity index (χ1v) is 9.88. The van der Waals surface area contributed by atoms with Crippen LogP contribution in [-0.2, 0) is 11.3 Å². The first-order chi connectivity index (χ1) is 11.9. The lowest BCUT2D eigenvalue weighted by atomic mass is 9.92. The second kappa shape index (κ2) is 7.23. The van der Waals surface area contributed by atoms with Crippen LogP contribution in [0, 0.1) is 18.8 Å². The van der Waals surface area contributed by atoms with Gasteiger partial charge in [-0.15, -0.1) is 0 Å². The zero-order chi connectivity index (χ0) is 18.1. The minimum atomic E-state index is -0.0734. The fourth-order valence-electron chi connectivity index (χ4n) is 3.68. The highest BCUT2D eigenvalue weighted by Crippen LogP contribution is 2.23. The number of aryl methyl sites for hydroxylation is 1. The highest BCUT2D eigenvalue weighted by Gasteiger charge is 2.25. The molecule has 0 spiro atoms. The molecule has 2 aromatic heterocycles. The van der Waals surface area contributed by atoms with Gasteiger partial charge in [0, 0.05) is 25.3 Å². The van der Waals surface area contributed by atoms with Crippen molar-refractivity contribution in [3.63, 3.8) is 0 Å². The van der Waals surface area contributed by atoms with Gasteiger partial charge in [-0.2, -0.15) is 0 Å². The van der Waals surface area contributed by atoms with Crippen LogP contribution in [0.2, 0.25) is 0 Å². The summed E-state index contributed by atoms with van der Waals surface area (Å²) in [5.74, 6) is 1.54. The van der Waals surface area contributed by atoms with Gasteiger partial charge < -0.3 is 9.88 Å². The van der Waals surface area contributed by atoms with Gasteiger partial charge in [0.05, 0.1) is 11.3 Å². The number of hydrogen-bond donors (Lipinski definition) is 1. The number of likely N-dealkylation sites (tertiary alicyclic amines) is 1. The molecule has 25 heavy (non-hydrogen) atoms. The number of nitrogens with one attached hydrogen (secondary N) is 1. The molecule has 136 valence electrons. The highest BCUT2D eigenvalue weighted by molar-refractivity contribution is 7.99. The molecule has 0 bridgehead atoms. The number of amides is 1. The Hall–Kier alpha value is -1.76. The van der Waals surface area contributed by atoms with Crippen LogP contribution in [0.5, 0.6) is 0 Å². The first kappa shape index (κ1) is 18.0. The fraction of sp³-hybridized carbons (Fsp3) is 0.611.